The summed E-state index contributed by atoms with van der Waals surface area (Å²) in [5, 5.41) is 9.57. The zero-order chi connectivity index (χ0) is 69.7. The number of esters is 3. The van der Waals surface area contributed by atoms with E-state index < -0.39 is 42.3 Å². The Bertz CT molecular complexity index is 4720. The van der Waals surface area contributed by atoms with Crippen molar-refractivity contribution in [3.63, 3.8) is 0 Å². The minimum absolute atomic E-state index is 0.157. The Morgan fingerprint density at radius 1 is 0.255 bits per heavy atom. The molecule has 6 aromatic carbocycles. The molecule has 0 spiro atoms. The number of hydrogen-bond acceptors (Lipinski definition) is 15. The van der Waals surface area contributed by atoms with Crippen LogP contribution < -0.4 is 16.0 Å². The van der Waals surface area contributed by atoms with E-state index in [1.807, 2.05) is 170 Å². The highest BCUT2D eigenvalue weighted by Gasteiger charge is 2.37. The Labute approximate surface area is 588 Å². The predicted octanol–water partition coefficient (Wildman–Crippen LogP) is 14.8. The van der Waals surface area contributed by atoms with Gasteiger partial charge in [0.1, 0.15) is 18.3 Å². The molecule has 0 saturated heterocycles. The Balaban J connectivity index is 0.604. The first-order valence-corrected chi connectivity index (χ1v) is 33.7. The maximum absolute atomic E-state index is 14.1. The zero-order valence-corrected chi connectivity index (χ0v) is 55.1. The minimum atomic E-state index is -0.797. The smallest absolute Gasteiger partial charge is 0.339 e. The van der Waals surface area contributed by atoms with Gasteiger partial charge in [0, 0.05) is 130 Å². The zero-order valence-electron chi connectivity index (χ0n) is 55.1. The summed E-state index contributed by atoms with van der Waals surface area (Å²) in [6, 6.07) is 73.0. The molecule has 0 radical (unpaired) electrons. The van der Waals surface area contributed by atoms with Crippen molar-refractivity contribution in [2.75, 3.05) is 0 Å². The van der Waals surface area contributed by atoms with E-state index in [0.717, 1.165) is 55.9 Å². The van der Waals surface area contributed by atoms with Gasteiger partial charge in [-0.15, -0.1) is 0 Å². The van der Waals surface area contributed by atoms with Crippen molar-refractivity contribution in [3.8, 4) is 78.7 Å². The molecule has 2 fully saturated rings. The number of ether oxygens (including phenoxy) is 3. The average Bonchev–Trinajstić information content (AvgIpc) is 0.832. The number of aromatic nitrogens is 6. The van der Waals surface area contributed by atoms with E-state index in [4.69, 9.17) is 19.2 Å². The third-order valence-corrected chi connectivity index (χ3v) is 18.2. The van der Waals surface area contributed by atoms with Crippen LogP contribution in [0.2, 0.25) is 0 Å². The highest BCUT2D eigenvalue weighted by atomic mass is 16.6. The highest BCUT2D eigenvalue weighted by Crippen LogP contribution is 2.32. The summed E-state index contributed by atoms with van der Waals surface area (Å²) in [6.07, 6.45) is 9.08. The number of carbonyl (C=O) groups is 6. The number of nitrogens with one attached hydrogen (secondary N) is 3. The quantitative estimate of drug-likeness (QED) is 0.0503. The van der Waals surface area contributed by atoms with Gasteiger partial charge in [-0.2, -0.15) is 0 Å². The van der Waals surface area contributed by atoms with Crippen LogP contribution in [0.4, 0.5) is 0 Å². The number of carbonyl (C=O) groups excluding carboxylic acids is 6. The van der Waals surface area contributed by atoms with E-state index in [9.17, 15) is 28.8 Å². The van der Waals surface area contributed by atoms with E-state index >= 15 is 0 Å². The lowest BCUT2D eigenvalue weighted by atomic mass is 9.86. The number of pyridine rings is 6. The van der Waals surface area contributed by atoms with Gasteiger partial charge < -0.3 is 30.2 Å². The van der Waals surface area contributed by atoms with Crippen LogP contribution in [-0.2, 0) is 14.2 Å². The Morgan fingerprint density at radius 3 is 0.882 bits per heavy atom. The predicted molar refractivity (Wildman–Crippen MR) is 386 cm³/mol. The van der Waals surface area contributed by atoms with Crippen molar-refractivity contribution in [1.82, 2.24) is 45.9 Å². The molecule has 502 valence electrons. The van der Waals surface area contributed by atoms with Gasteiger partial charge in [0.05, 0.1) is 50.9 Å². The van der Waals surface area contributed by atoms with Crippen molar-refractivity contribution < 1.29 is 43.0 Å². The van der Waals surface area contributed by atoms with E-state index in [0.29, 0.717) is 58.7 Å². The summed E-state index contributed by atoms with van der Waals surface area (Å²) in [6.45, 7) is 0. The van der Waals surface area contributed by atoms with Gasteiger partial charge in [-0.25, -0.2) is 14.4 Å². The molecule has 3 N–H and O–H groups in total. The fourth-order valence-corrected chi connectivity index (χ4v) is 12.9. The monoisotopic (exact) mass is 1350 g/mol. The standard InChI is InChI=1S/C84H67N9O9/c94-79(58-26-20-55(21-27-58)73-18-7-9-40-85-73)91-67-43-68(92-80(95)59-28-22-56(23-29-59)74-19-8-10-41-86-74)45-69(44-67)93-81(96)60-30-24-57(25-31-60)77-36-32-63(49-87-77)61-16-11-17-62(42-61)78-39-35-66(52-90-78)84(99)102-72-47-70(100-82(97)64-33-37-75(88-50-64)53-12-3-1-4-13-53)46-71(48-72)101-83(98)65-34-38-76(89-51-65)54-14-5-2-6-15-54/h1-42,49-52,67-72H,43-48H2,(H,91,94)(H,92,95)(H,93,96). The molecule has 18 nitrogen and oxygen atoms in total. The second-order valence-corrected chi connectivity index (χ2v) is 25.2. The summed E-state index contributed by atoms with van der Waals surface area (Å²) >= 11 is 0. The first-order chi connectivity index (χ1) is 49.9. The van der Waals surface area contributed by atoms with E-state index in [1.165, 1.54) is 18.6 Å². The Morgan fingerprint density at radius 2 is 0.549 bits per heavy atom. The minimum Gasteiger partial charge on any atom is -0.458 e. The molecular weight excluding hydrogens is 1280 g/mol. The number of benzene rings is 6. The van der Waals surface area contributed by atoms with Crippen LogP contribution >= 0.6 is 0 Å². The summed E-state index contributed by atoms with van der Waals surface area (Å²) in [5.74, 6) is -2.71. The molecule has 6 aromatic heterocycles. The first-order valence-electron chi connectivity index (χ1n) is 33.7. The molecule has 4 unspecified atom stereocenters. The van der Waals surface area contributed by atoms with Crippen LogP contribution in [0.3, 0.4) is 0 Å². The summed E-state index contributed by atoms with van der Waals surface area (Å²) < 4.78 is 18.1. The lowest BCUT2D eigenvalue weighted by Gasteiger charge is -2.36. The van der Waals surface area contributed by atoms with Crippen LogP contribution in [0.25, 0.3) is 78.7 Å². The molecule has 2 aliphatic rings. The highest BCUT2D eigenvalue weighted by molar-refractivity contribution is 5.97. The summed E-state index contributed by atoms with van der Waals surface area (Å²) in [4.78, 5) is 110. The van der Waals surface area contributed by atoms with Gasteiger partial charge in [0.2, 0.25) is 0 Å². The molecule has 0 aliphatic heterocycles. The van der Waals surface area contributed by atoms with Crippen molar-refractivity contribution in [1.29, 1.82) is 0 Å². The van der Waals surface area contributed by atoms with Crippen molar-refractivity contribution in [3.05, 3.63) is 313 Å². The normalized spacial score (nSPS) is 17.0. The van der Waals surface area contributed by atoms with E-state index in [-0.39, 0.29) is 65.8 Å². The van der Waals surface area contributed by atoms with Gasteiger partial charge in [-0.05, 0) is 134 Å². The summed E-state index contributed by atoms with van der Waals surface area (Å²) in [5.41, 5.74) is 13.2. The number of hydrogen-bond donors (Lipinski definition) is 3. The van der Waals surface area contributed by atoms with Crippen LogP contribution in [0.5, 0.6) is 0 Å². The molecule has 6 heterocycles. The third-order valence-electron chi connectivity index (χ3n) is 18.2. The molecular formula is C84H67N9O9. The van der Waals surface area contributed by atoms with Crippen molar-refractivity contribution >= 4 is 35.6 Å². The second-order valence-electron chi connectivity index (χ2n) is 25.2. The Kier molecular flexibility index (Phi) is 20.0. The molecule has 0 bridgehead atoms. The maximum atomic E-state index is 14.1. The fraction of sp³-hybridized carbons (Fsp3) is 0.143. The molecule has 18 heteroatoms. The van der Waals surface area contributed by atoms with Crippen molar-refractivity contribution in [2.24, 2.45) is 0 Å². The van der Waals surface area contributed by atoms with Gasteiger partial charge in [-0.3, -0.25) is 44.3 Å². The summed E-state index contributed by atoms with van der Waals surface area (Å²) in [7, 11) is 0. The van der Waals surface area contributed by atoms with Gasteiger partial charge >= 0.3 is 17.9 Å². The van der Waals surface area contributed by atoms with E-state index in [2.05, 4.69) is 40.9 Å². The van der Waals surface area contributed by atoms with E-state index in [1.54, 1.807) is 91.4 Å². The van der Waals surface area contributed by atoms with Crippen molar-refractivity contribution in [2.45, 2.75) is 75.0 Å². The molecule has 102 heavy (non-hydrogen) atoms. The molecule has 2 saturated carbocycles. The second kappa shape index (κ2) is 30.8. The van der Waals surface area contributed by atoms with Gasteiger partial charge in [0.15, 0.2) is 0 Å². The molecule has 14 rings (SSSR count). The van der Waals surface area contributed by atoms with Gasteiger partial charge in [-0.1, -0.05) is 133 Å². The maximum Gasteiger partial charge on any atom is 0.339 e. The number of rotatable bonds is 19. The first kappa shape index (κ1) is 66.3. The molecule has 12 aromatic rings. The average molecular weight is 1350 g/mol. The van der Waals surface area contributed by atoms with Gasteiger partial charge in [0.25, 0.3) is 17.7 Å². The van der Waals surface area contributed by atoms with Crippen LogP contribution in [0.1, 0.15) is 101 Å². The lowest BCUT2D eigenvalue weighted by molar-refractivity contribution is -0.0588. The topological polar surface area (TPSA) is 244 Å². The Hall–Kier alpha value is -13.0. The number of amides is 3. The number of nitrogens with zero attached hydrogens (tertiary/aromatic N) is 6. The SMILES string of the molecule is O=C(NC1CC(NC(=O)c2ccc(-c3ccccn3)cc2)CC(NC(=O)c2ccc(-c3ccc(-c4cccc(-c5ccc(C(=O)OC6CC(OC(=O)c7ccc(-c8ccccc8)nc7)CC(OC(=O)c7ccc(-c8ccccc8)nc7)C6)cn5)c4)cn3)cc2)C1)c1ccc(-c2ccccn2)cc1. The van der Waals surface area contributed by atoms with Crippen LogP contribution in [0.15, 0.2) is 280 Å². The molecule has 3 amide bonds. The third kappa shape index (κ3) is 16.3. The largest absolute Gasteiger partial charge is 0.458 e. The lowest BCUT2D eigenvalue weighted by Crippen LogP contribution is -2.53. The molecule has 4 atom stereocenters. The molecule has 2 aliphatic carbocycles. The van der Waals surface area contributed by atoms with Crippen LogP contribution in [-0.4, -0.2) is 102 Å². The fourth-order valence-electron chi connectivity index (χ4n) is 12.9. The van der Waals surface area contributed by atoms with Crippen LogP contribution in [0, 0.1) is 0 Å².